The first-order valence-electron chi connectivity index (χ1n) is 8.56. The molecule has 2 unspecified atom stereocenters. The normalized spacial score (nSPS) is 17.7. The van der Waals surface area contributed by atoms with Crippen molar-refractivity contribution in [3.05, 3.63) is 0 Å². The van der Waals surface area contributed by atoms with Crippen LogP contribution in [0.5, 0.6) is 0 Å². The minimum absolute atomic E-state index is 0. The summed E-state index contributed by atoms with van der Waals surface area (Å²) in [6, 6.07) is -0.364. The third-order valence-electron chi connectivity index (χ3n) is 4.67. The van der Waals surface area contributed by atoms with Crippen molar-refractivity contribution in [2.45, 2.75) is 46.1 Å². The molecular weight excluding hydrogens is 371 g/mol. The molecule has 0 spiro atoms. The monoisotopic (exact) mass is 406 g/mol. The van der Waals surface area contributed by atoms with Crippen LogP contribution in [0.25, 0.3) is 0 Å². The van der Waals surface area contributed by atoms with Gasteiger partial charge in [-0.05, 0) is 31.8 Å². The van der Waals surface area contributed by atoms with Gasteiger partial charge in [-0.3, -0.25) is 4.79 Å². The van der Waals surface area contributed by atoms with Gasteiger partial charge in [-0.2, -0.15) is 0 Å². The van der Waals surface area contributed by atoms with E-state index in [2.05, 4.69) is 29.0 Å². The van der Waals surface area contributed by atoms with E-state index in [9.17, 15) is 4.79 Å². The standard InChI is InChI=1S/C16H34N4O.3ClH/c1-4-14(3)15(17)16(21)18-8-6-7-9-20-12-10-19(5-2)11-13-20;;;/h14-15H,4-13,17H2,1-3H3,(H,18,21);3*1H. The predicted octanol–water partition coefficient (Wildman–Crippen LogP) is 2.16. The van der Waals surface area contributed by atoms with Gasteiger partial charge < -0.3 is 20.9 Å². The zero-order valence-corrected chi connectivity index (χ0v) is 17.8. The first kappa shape index (κ1) is 29.0. The van der Waals surface area contributed by atoms with E-state index in [-0.39, 0.29) is 55.1 Å². The van der Waals surface area contributed by atoms with Crippen LogP contribution in [0.4, 0.5) is 0 Å². The molecule has 0 aromatic carbocycles. The minimum atomic E-state index is -0.364. The number of rotatable bonds is 9. The minimum Gasteiger partial charge on any atom is -0.355 e. The molecule has 2 atom stereocenters. The number of carbonyl (C=O) groups excluding carboxylic acids is 1. The van der Waals surface area contributed by atoms with Crippen molar-refractivity contribution < 1.29 is 4.79 Å². The summed E-state index contributed by atoms with van der Waals surface area (Å²) in [6.07, 6.45) is 3.12. The molecule has 1 aliphatic heterocycles. The van der Waals surface area contributed by atoms with Gasteiger partial charge in [0.25, 0.3) is 0 Å². The third-order valence-corrected chi connectivity index (χ3v) is 4.67. The van der Waals surface area contributed by atoms with Gasteiger partial charge in [0.2, 0.25) is 5.91 Å². The number of amides is 1. The highest BCUT2D eigenvalue weighted by atomic mass is 35.5. The summed E-state index contributed by atoms with van der Waals surface area (Å²) in [6.45, 7) is 14.1. The van der Waals surface area contributed by atoms with Crippen molar-refractivity contribution in [1.82, 2.24) is 15.1 Å². The largest absolute Gasteiger partial charge is 0.355 e. The molecular formula is C16H37Cl3N4O. The topological polar surface area (TPSA) is 61.6 Å². The van der Waals surface area contributed by atoms with Crippen LogP contribution in [-0.2, 0) is 4.79 Å². The molecule has 1 aliphatic rings. The van der Waals surface area contributed by atoms with Crippen molar-refractivity contribution in [2.24, 2.45) is 11.7 Å². The molecule has 0 aromatic rings. The number of piperazine rings is 1. The van der Waals surface area contributed by atoms with E-state index < -0.39 is 0 Å². The van der Waals surface area contributed by atoms with Crippen LogP contribution >= 0.6 is 37.2 Å². The summed E-state index contributed by atoms with van der Waals surface area (Å²) in [7, 11) is 0. The van der Waals surface area contributed by atoms with Gasteiger partial charge in [-0.1, -0.05) is 27.2 Å². The highest BCUT2D eigenvalue weighted by Gasteiger charge is 2.18. The maximum absolute atomic E-state index is 11.8. The molecule has 1 saturated heterocycles. The van der Waals surface area contributed by atoms with E-state index in [0.717, 1.165) is 38.9 Å². The summed E-state index contributed by atoms with van der Waals surface area (Å²) in [5.74, 6) is 0.251. The van der Waals surface area contributed by atoms with E-state index in [1.807, 2.05) is 6.92 Å². The quantitative estimate of drug-likeness (QED) is 0.575. The Bertz CT molecular complexity index is 303. The SMILES string of the molecule is CCC(C)C(N)C(=O)NCCCCN1CCN(CC)CC1.Cl.Cl.Cl. The number of nitrogens with zero attached hydrogens (tertiary/aromatic N) is 2. The second kappa shape index (κ2) is 16.7. The number of unbranched alkanes of at least 4 members (excludes halogenated alkanes) is 1. The summed E-state index contributed by atoms with van der Waals surface area (Å²) in [5.41, 5.74) is 5.90. The maximum atomic E-state index is 11.8. The summed E-state index contributed by atoms with van der Waals surface area (Å²) in [5, 5.41) is 2.96. The summed E-state index contributed by atoms with van der Waals surface area (Å²) in [4.78, 5) is 16.8. The van der Waals surface area contributed by atoms with Gasteiger partial charge in [0, 0.05) is 32.7 Å². The van der Waals surface area contributed by atoms with Crippen LogP contribution in [-0.4, -0.2) is 67.6 Å². The molecule has 0 aliphatic carbocycles. The Morgan fingerprint density at radius 2 is 1.58 bits per heavy atom. The lowest BCUT2D eigenvalue weighted by molar-refractivity contribution is -0.123. The Morgan fingerprint density at radius 3 is 2.08 bits per heavy atom. The lowest BCUT2D eigenvalue weighted by Gasteiger charge is -2.34. The smallest absolute Gasteiger partial charge is 0.237 e. The van der Waals surface area contributed by atoms with Crippen LogP contribution in [0, 0.1) is 5.92 Å². The molecule has 1 rings (SSSR count). The average Bonchev–Trinajstić information content (AvgIpc) is 2.53. The Morgan fingerprint density at radius 1 is 1.04 bits per heavy atom. The first-order valence-corrected chi connectivity index (χ1v) is 8.56. The van der Waals surface area contributed by atoms with Crippen molar-refractivity contribution in [2.75, 3.05) is 45.8 Å². The molecule has 148 valence electrons. The third kappa shape index (κ3) is 11.0. The molecule has 3 N–H and O–H groups in total. The molecule has 0 saturated carbocycles. The van der Waals surface area contributed by atoms with Gasteiger partial charge in [0.05, 0.1) is 6.04 Å². The van der Waals surface area contributed by atoms with Crippen LogP contribution in [0.3, 0.4) is 0 Å². The zero-order chi connectivity index (χ0) is 15.7. The predicted molar refractivity (Wildman–Crippen MR) is 110 cm³/mol. The maximum Gasteiger partial charge on any atom is 0.237 e. The van der Waals surface area contributed by atoms with Crippen LogP contribution in [0.2, 0.25) is 0 Å². The van der Waals surface area contributed by atoms with E-state index in [0.29, 0.717) is 0 Å². The second-order valence-electron chi connectivity index (χ2n) is 6.19. The number of likely N-dealkylation sites (N-methyl/N-ethyl adjacent to an activating group) is 1. The molecule has 1 heterocycles. The number of halogens is 3. The van der Waals surface area contributed by atoms with Crippen molar-refractivity contribution in [3.63, 3.8) is 0 Å². The number of carbonyl (C=O) groups is 1. The lowest BCUT2D eigenvalue weighted by atomic mass is 9.99. The van der Waals surface area contributed by atoms with Crippen LogP contribution < -0.4 is 11.1 Å². The Balaban J connectivity index is -0.00000147. The lowest BCUT2D eigenvalue weighted by Crippen LogP contribution is -2.46. The molecule has 24 heavy (non-hydrogen) atoms. The molecule has 0 aromatic heterocycles. The fourth-order valence-electron chi connectivity index (χ4n) is 2.63. The average molecular weight is 408 g/mol. The Labute approximate surface area is 166 Å². The first-order chi connectivity index (χ1) is 10.1. The zero-order valence-electron chi connectivity index (χ0n) is 15.3. The highest BCUT2D eigenvalue weighted by molar-refractivity contribution is 5.86. The highest BCUT2D eigenvalue weighted by Crippen LogP contribution is 2.05. The number of hydrogen-bond donors (Lipinski definition) is 2. The van der Waals surface area contributed by atoms with Crippen molar-refractivity contribution in [3.8, 4) is 0 Å². The molecule has 8 heteroatoms. The van der Waals surface area contributed by atoms with Crippen LogP contribution in [0.1, 0.15) is 40.0 Å². The molecule has 0 radical (unpaired) electrons. The van der Waals surface area contributed by atoms with E-state index in [1.54, 1.807) is 0 Å². The second-order valence-corrected chi connectivity index (χ2v) is 6.19. The van der Waals surface area contributed by atoms with Gasteiger partial charge in [0.1, 0.15) is 0 Å². The van der Waals surface area contributed by atoms with Gasteiger partial charge in [-0.25, -0.2) is 0 Å². The van der Waals surface area contributed by atoms with Gasteiger partial charge in [-0.15, -0.1) is 37.2 Å². The summed E-state index contributed by atoms with van der Waals surface area (Å²) < 4.78 is 0. The van der Waals surface area contributed by atoms with Crippen molar-refractivity contribution >= 4 is 43.1 Å². The van der Waals surface area contributed by atoms with Crippen molar-refractivity contribution in [1.29, 1.82) is 0 Å². The van der Waals surface area contributed by atoms with E-state index in [4.69, 9.17) is 5.73 Å². The number of nitrogens with two attached hydrogens (primary N) is 1. The molecule has 1 fully saturated rings. The molecule has 5 nitrogen and oxygen atoms in total. The van der Waals surface area contributed by atoms with E-state index >= 15 is 0 Å². The fourth-order valence-corrected chi connectivity index (χ4v) is 2.63. The van der Waals surface area contributed by atoms with E-state index in [1.165, 1.54) is 26.2 Å². The molecule has 0 bridgehead atoms. The fraction of sp³-hybridized carbons (Fsp3) is 0.938. The van der Waals surface area contributed by atoms with Gasteiger partial charge in [0.15, 0.2) is 0 Å². The summed E-state index contributed by atoms with van der Waals surface area (Å²) >= 11 is 0. The molecule has 1 amide bonds. The van der Waals surface area contributed by atoms with Crippen LogP contribution in [0.15, 0.2) is 0 Å². The number of hydrogen-bond acceptors (Lipinski definition) is 4. The number of nitrogens with one attached hydrogen (secondary N) is 1. The van der Waals surface area contributed by atoms with Gasteiger partial charge >= 0.3 is 0 Å². The Hall–Kier alpha value is 0.220. The Kier molecular flexibility index (Phi) is 20.2.